The number of ether oxygens (including phenoxy) is 1. The number of aliphatic hydroxyl groups is 1. The van der Waals surface area contributed by atoms with E-state index in [1.54, 1.807) is 31.4 Å². The van der Waals surface area contributed by atoms with Crippen molar-refractivity contribution in [1.29, 1.82) is 0 Å². The van der Waals surface area contributed by atoms with Crippen LogP contribution in [0, 0.1) is 11.6 Å². The minimum absolute atomic E-state index is 0.189. The van der Waals surface area contributed by atoms with Crippen molar-refractivity contribution >= 4 is 0 Å². The maximum absolute atomic E-state index is 14.1. The highest BCUT2D eigenvalue weighted by molar-refractivity contribution is 5.30. The fourth-order valence-electron chi connectivity index (χ4n) is 4.82. The molecule has 1 heterocycles. The van der Waals surface area contributed by atoms with Gasteiger partial charge in [0.2, 0.25) is 0 Å². The molecule has 1 saturated heterocycles. The second-order valence-corrected chi connectivity index (χ2v) is 8.54. The summed E-state index contributed by atoms with van der Waals surface area (Å²) in [5.74, 6) is 0.217. The van der Waals surface area contributed by atoms with Crippen LogP contribution < -0.4 is 4.74 Å². The highest BCUT2D eigenvalue weighted by Gasteiger charge is 2.37. The Morgan fingerprint density at radius 3 is 2.30 bits per heavy atom. The molecule has 2 fully saturated rings. The zero-order valence-corrected chi connectivity index (χ0v) is 17.5. The van der Waals surface area contributed by atoms with Crippen molar-refractivity contribution in [3.05, 3.63) is 65.2 Å². The van der Waals surface area contributed by atoms with Crippen LogP contribution in [0.2, 0.25) is 0 Å². The second-order valence-electron chi connectivity index (χ2n) is 8.54. The Morgan fingerprint density at radius 1 is 1.00 bits per heavy atom. The maximum Gasteiger partial charge on any atom is 0.127 e. The standard InChI is InChI=1S/C24H30F2N2O2/c1-30-22-6-7-23(26)18(16-22)17-27-12-14-28(15-13-27)21-8-10-24(29,11-9-21)19-2-4-20(25)5-3-19/h2-7,16,21,29H,8-15,17H2,1H3. The Balaban J connectivity index is 1.29. The van der Waals surface area contributed by atoms with E-state index in [9.17, 15) is 13.9 Å². The van der Waals surface area contributed by atoms with Crippen molar-refractivity contribution in [2.24, 2.45) is 0 Å². The summed E-state index contributed by atoms with van der Waals surface area (Å²) in [6.45, 7) is 4.28. The smallest absolute Gasteiger partial charge is 0.127 e. The third kappa shape index (κ3) is 4.66. The molecular weight excluding hydrogens is 386 g/mol. The van der Waals surface area contributed by atoms with Gasteiger partial charge in [-0.1, -0.05) is 12.1 Å². The van der Waals surface area contributed by atoms with Crippen molar-refractivity contribution in [2.45, 2.75) is 43.9 Å². The van der Waals surface area contributed by atoms with E-state index in [2.05, 4.69) is 9.80 Å². The lowest BCUT2D eigenvalue weighted by molar-refractivity contribution is -0.0321. The Hall–Kier alpha value is -2.02. The van der Waals surface area contributed by atoms with Crippen LogP contribution in [-0.2, 0) is 12.1 Å². The zero-order valence-electron chi connectivity index (χ0n) is 17.5. The largest absolute Gasteiger partial charge is 0.497 e. The SMILES string of the molecule is COc1ccc(F)c(CN2CCN(C3CCC(O)(c4ccc(F)cc4)CC3)CC2)c1. The van der Waals surface area contributed by atoms with Gasteiger partial charge in [0, 0.05) is 44.3 Å². The van der Waals surface area contributed by atoms with Gasteiger partial charge in [-0.15, -0.1) is 0 Å². The number of methoxy groups -OCH3 is 1. The normalized spacial score (nSPS) is 25.9. The van der Waals surface area contributed by atoms with E-state index in [1.807, 2.05) is 0 Å². The Morgan fingerprint density at radius 2 is 1.67 bits per heavy atom. The van der Waals surface area contributed by atoms with E-state index in [1.165, 1.54) is 18.2 Å². The average Bonchev–Trinajstić information content (AvgIpc) is 2.77. The molecule has 0 amide bonds. The number of benzene rings is 2. The molecule has 0 aromatic heterocycles. The fourth-order valence-corrected chi connectivity index (χ4v) is 4.82. The van der Waals surface area contributed by atoms with E-state index in [0.29, 0.717) is 36.7 Å². The number of nitrogens with zero attached hydrogens (tertiary/aromatic N) is 2. The molecule has 0 spiro atoms. The average molecular weight is 417 g/mol. The van der Waals surface area contributed by atoms with Crippen molar-refractivity contribution in [2.75, 3.05) is 33.3 Å². The number of halogens is 2. The molecule has 0 atom stereocenters. The highest BCUT2D eigenvalue weighted by Crippen LogP contribution is 2.38. The van der Waals surface area contributed by atoms with Gasteiger partial charge in [0.15, 0.2) is 0 Å². The van der Waals surface area contributed by atoms with E-state index < -0.39 is 5.60 Å². The van der Waals surface area contributed by atoms with Crippen molar-refractivity contribution in [1.82, 2.24) is 9.80 Å². The summed E-state index contributed by atoms with van der Waals surface area (Å²) in [7, 11) is 1.59. The van der Waals surface area contributed by atoms with Crippen LogP contribution in [0.15, 0.2) is 42.5 Å². The van der Waals surface area contributed by atoms with Crippen LogP contribution in [0.4, 0.5) is 8.78 Å². The van der Waals surface area contributed by atoms with Crippen molar-refractivity contribution < 1.29 is 18.6 Å². The van der Waals surface area contributed by atoms with E-state index in [0.717, 1.165) is 44.6 Å². The van der Waals surface area contributed by atoms with Gasteiger partial charge in [-0.05, 0) is 61.6 Å². The number of hydrogen-bond acceptors (Lipinski definition) is 4. The first-order valence-corrected chi connectivity index (χ1v) is 10.7. The highest BCUT2D eigenvalue weighted by atomic mass is 19.1. The molecule has 4 rings (SSSR count). The Kier molecular flexibility index (Phi) is 6.37. The summed E-state index contributed by atoms with van der Waals surface area (Å²) in [6.07, 6.45) is 3.24. The van der Waals surface area contributed by atoms with Gasteiger partial charge in [-0.25, -0.2) is 8.78 Å². The molecular formula is C24H30F2N2O2. The third-order valence-electron chi connectivity index (χ3n) is 6.73. The molecule has 1 aliphatic heterocycles. The first-order chi connectivity index (χ1) is 14.5. The monoisotopic (exact) mass is 416 g/mol. The van der Waals surface area contributed by atoms with E-state index in [-0.39, 0.29) is 11.6 Å². The zero-order chi connectivity index (χ0) is 21.1. The number of rotatable bonds is 5. The summed E-state index contributed by atoms with van der Waals surface area (Å²) in [6, 6.07) is 11.6. The lowest BCUT2D eigenvalue weighted by Crippen LogP contribution is -2.51. The van der Waals surface area contributed by atoms with Gasteiger partial charge in [0.25, 0.3) is 0 Å². The molecule has 162 valence electrons. The number of piperazine rings is 1. The molecule has 0 bridgehead atoms. The molecule has 2 aromatic rings. The maximum atomic E-state index is 14.1. The Labute approximate surface area is 177 Å². The molecule has 2 aromatic carbocycles. The molecule has 0 unspecified atom stereocenters. The van der Waals surface area contributed by atoms with Gasteiger partial charge < -0.3 is 9.84 Å². The molecule has 0 radical (unpaired) electrons. The van der Waals surface area contributed by atoms with Crippen LogP contribution >= 0.6 is 0 Å². The first kappa shape index (κ1) is 21.2. The van der Waals surface area contributed by atoms with Crippen LogP contribution in [0.3, 0.4) is 0 Å². The molecule has 1 saturated carbocycles. The summed E-state index contributed by atoms with van der Waals surface area (Å²) in [5, 5.41) is 11.0. The van der Waals surface area contributed by atoms with Crippen LogP contribution in [0.5, 0.6) is 5.75 Å². The minimum atomic E-state index is -0.851. The minimum Gasteiger partial charge on any atom is -0.497 e. The Bertz CT molecular complexity index is 843. The van der Waals surface area contributed by atoms with Gasteiger partial charge in [0.1, 0.15) is 17.4 Å². The first-order valence-electron chi connectivity index (χ1n) is 10.7. The predicted molar refractivity (Wildman–Crippen MR) is 112 cm³/mol. The second kappa shape index (κ2) is 9.00. The summed E-state index contributed by atoms with van der Waals surface area (Å²) in [4.78, 5) is 4.79. The summed E-state index contributed by atoms with van der Waals surface area (Å²) >= 11 is 0. The van der Waals surface area contributed by atoms with Gasteiger partial charge in [-0.3, -0.25) is 9.80 Å². The van der Waals surface area contributed by atoms with Crippen LogP contribution in [-0.4, -0.2) is 54.2 Å². The summed E-state index contributed by atoms with van der Waals surface area (Å²) < 4.78 is 32.5. The molecule has 30 heavy (non-hydrogen) atoms. The lowest BCUT2D eigenvalue weighted by Gasteiger charge is -2.44. The van der Waals surface area contributed by atoms with Crippen LogP contribution in [0.25, 0.3) is 0 Å². The van der Waals surface area contributed by atoms with E-state index in [4.69, 9.17) is 4.74 Å². The topological polar surface area (TPSA) is 35.9 Å². The molecule has 1 N–H and O–H groups in total. The fraction of sp³-hybridized carbons (Fsp3) is 0.500. The van der Waals surface area contributed by atoms with Crippen LogP contribution in [0.1, 0.15) is 36.8 Å². The quantitative estimate of drug-likeness (QED) is 0.802. The molecule has 2 aliphatic rings. The van der Waals surface area contributed by atoms with Gasteiger partial charge in [0.05, 0.1) is 12.7 Å². The van der Waals surface area contributed by atoms with E-state index >= 15 is 0 Å². The molecule has 1 aliphatic carbocycles. The third-order valence-corrected chi connectivity index (χ3v) is 6.73. The molecule has 4 nitrogen and oxygen atoms in total. The van der Waals surface area contributed by atoms with Crippen molar-refractivity contribution in [3.8, 4) is 5.75 Å². The van der Waals surface area contributed by atoms with Gasteiger partial charge >= 0.3 is 0 Å². The lowest BCUT2D eigenvalue weighted by atomic mass is 9.77. The predicted octanol–water partition coefficient (Wildman–Crippen LogP) is 3.92. The summed E-state index contributed by atoms with van der Waals surface area (Å²) in [5.41, 5.74) is 0.632. The number of hydrogen-bond donors (Lipinski definition) is 1. The van der Waals surface area contributed by atoms with Crippen molar-refractivity contribution in [3.63, 3.8) is 0 Å². The molecule has 6 heteroatoms. The van der Waals surface area contributed by atoms with Gasteiger partial charge in [-0.2, -0.15) is 0 Å².